The van der Waals surface area contributed by atoms with Crippen LogP contribution >= 0.6 is 11.6 Å². The number of azo groups is 1. The van der Waals surface area contributed by atoms with E-state index in [9.17, 15) is 40.0 Å². The van der Waals surface area contributed by atoms with E-state index >= 15 is 0 Å². The number of aryl methyl sites for hydroxylation is 1. The summed E-state index contributed by atoms with van der Waals surface area (Å²) in [4.78, 5) is -1.84. The highest BCUT2D eigenvalue weighted by Crippen LogP contribution is 2.39. The molecule has 13 nitrogen and oxygen atoms in total. The zero-order valence-electron chi connectivity index (χ0n) is 18.1. The highest BCUT2D eigenvalue weighted by atomic mass is 35.5. The number of rotatable bonds is 6. The van der Waals surface area contributed by atoms with Crippen molar-refractivity contribution in [2.45, 2.75) is 21.6 Å². The van der Waals surface area contributed by atoms with Crippen molar-refractivity contribution >= 4 is 52.8 Å². The highest BCUT2D eigenvalue weighted by molar-refractivity contribution is 7.93. The van der Waals surface area contributed by atoms with Gasteiger partial charge < -0.3 is 10.2 Å². The van der Waals surface area contributed by atoms with E-state index in [1.807, 2.05) is 0 Å². The van der Waals surface area contributed by atoms with Crippen molar-refractivity contribution in [2.75, 3.05) is 12.5 Å². The standard InChI is InChI=1S/C18H17ClN4O9S3/c1-9-16(21-20-12-6-10(19)7-15(17(12)24)35(30,31)32)18(25)23(22-9)11-4-5-13(33(2,26)27)14(8-11)34(3,28)29/h4-8,24-25H,1-3H3,(H,30,31,32). The quantitative estimate of drug-likeness (QED) is 0.294. The lowest BCUT2D eigenvalue weighted by Gasteiger charge is -2.10. The van der Waals surface area contributed by atoms with E-state index in [-0.39, 0.29) is 22.1 Å². The molecule has 1 aromatic heterocycles. The summed E-state index contributed by atoms with van der Waals surface area (Å²) in [5.74, 6) is -1.58. The van der Waals surface area contributed by atoms with Gasteiger partial charge in [0.25, 0.3) is 10.1 Å². The summed E-state index contributed by atoms with van der Waals surface area (Å²) in [5, 5.41) is 32.0. The fourth-order valence-corrected chi connectivity index (χ4v) is 6.28. The molecule has 17 heteroatoms. The van der Waals surface area contributed by atoms with E-state index in [1.165, 1.54) is 13.0 Å². The van der Waals surface area contributed by atoms with Gasteiger partial charge in [-0.05, 0) is 37.3 Å². The third-order valence-electron chi connectivity index (χ3n) is 4.53. The number of sulfone groups is 2. The zero-order chi connectivity index (χ0) is 26.5. The maximum atomic E-state index is 12.2. The second kappa shape index (κ2) is 8.87. The Labute approximate surface area is 204 Å². The van der Waals surface area contributed by atoms with Gasteiger partial charge >= 0.3 is 0 Å². The lowest BCUT2D eigenvalue weighted by molar-refractivity contribution is 0.434. The van der Waals surface area contributed by atoms with Crippen molar-refractivity contribution in [1.29, 1.82) is 0 Å². The fourth-order valence-electron chi connectivity index (χ4n) is 2.97. The minimum Gasteiger partial charge on any atom is -0.504 e. The Hall–Kier alpha value is -3.05. The molecular weight excluding hydrogens is 548 g/mol. The molecule has 3 rings (SSSR count). The maximum absolute atomic E-state index is 12.2. The van der Waals surface area contributed by atoms with Crippen LogP contribution in [0.25, 0.3) is 5.69 Å². The average molecular weight is 565 g/mol. The lowest BCUT2D eigenvalue weighted by atomic mass is 10.3. The van der Waals surface area contributed by atoms with Crippen molar-refractivity contribution in [3.8, 4) is 17.3 Å². The van der Waals surface area contributed by atoms with Crippen LogP contribution in [0, 0.1) is 6.92 Å². The Bertz CT molecular complexity index is 1710. The van der Waals surface area contributed by atoms with Gasteiger partial charge in [0.15, 0.2) is 31.1 Å². The molecule has 1 heterocycles. The molecule has 0 bridgehead atoms. The molecule has 35 heavy (non-hydrogen) atoms. The second-order valence-electron chi connectivity index (χ2n) is 7.29. The van der Waals surface area contributed by atoms with Gasteiger partial charge in [-0.3, -0.25) is 4.55 Å². The second-order valence-corrected chi connectivity index (χ2v) is 13.1. The molecule has 0 saturated heterocycles. The van der Waals surface area contributed by atoms with Gasteiger partial charge in [0.05, 0.1) is 21.2 Å². The average Bonchev–Trinajstić information content (AvgIpc) is 2.99. The van der Waals surface area contributed by atoms with Crippen LogP contribution in [0.3, 0.4) is 0 Å². The van der Waals surface area contributed by atoms with E-state index < -0.39 is 61.8 Å². The molecule has 2 aromatic carbocycles. The van der Waals surface area contributed by atoms with Gasteiger partial charge in [-0.1, -0.05) is 11.6 Å². The van der Waals surface area contributed by atoms with E-state index in [1.54, 1.807) is 0 Å². The predicted molar refractivity (Wildman–Crippen MR) is 123 cm³/mol. The van der Waals surface area contributed by atoms with E-state index in [0.717, 1.165) is 41.5 Å². The number of phenolic OH excluding ortho intramolecular Hbond substituents is 1. The summed E-state index contributed by atoms with van der Waals surface area (Å²) in [7, 11) is -12.7. The molecule has 3 N–H and O–H groups in total. The molecule has 0 fully saturated rings. The molecule has 0 aliphatic heterocycles. The van der Waals surface area contributed by atoms with Gasteiger partial charge in [-0.2, -0.15) is 18.2 Å². The molecule has 188 valence electrons. The fraction of sp³-hybridized carbons (Fsp3) is 0.167. The van der Waals surface area contributed by atoms with Crippen molar-refractivity contribution < 1.29 is 40.0 Å². The molecule has 0 aliphatic rings. The van der Waals surface area contributed by atoms with Gasteiger partial charge in [-0.15, -0.1) is 10.2 Å². The van der Waals surface area contributed by atoms with E-state index in [2.05, 4.69) is 15.3 Å². The summed E-state index contributed by atoms with van der Waals surface area (Å²) < 4.78 is 81.2. The van der Waals surface area contributed by atoms with Gasteiger partial charge in [0.1, 0.15) is 10.6 Å². The summed E-state index contributed by atoms with van der Waals surface area (Å²) in [6.07, 6.45) is 1.68. The molecule has 0 amide bonds. The Morgan fingerprint density at radius 3 is 2.03 bits per heavy atom. The van der Waals surface area contributed by atoms with Gasteiger partial charge in [-0.25, -0.2) is 16.8 Å². The number of hydrogen-bond donors (Lipinski definition) is 3. The molecule has 0 radical (unpaired) electrons. The van der Waals surface area contributed by atoms with Crippen molar-refractivity contribution in [1.82, 2.24) is 9.78 Å². The monoisotopic (exact) mass is 564 g/mol. The molecular formula is C18H17ClN4O9S3. The summed E-state index contributed by atoms with van der Waals surface area (Å²) in [6.45, 7) is 1.41. The largest absolute Gasteiger partial charge is 0.504 e. The van der Waals surface area contributed by atoms with Crippen LogP contribution in [0.5, 0.6) is 11.6 Å². The Morgan fingerprint density at radius 2 is 1.49 bits per heavy atom. The number of halogens is 1. The topological polar surface area (TPSA) is 206 Å². The molecule has 0 spiro atoms. The number of phenols is 1. The van der Waals surface area contributed by atoms with Crippen LogP contribution in [0.4, 0.5) is 11.4 Å². The van der Waals surface area contributed by atoms with Gasteiger partial charge in [0, 0.05) is 17.5 Å². The summed E-state index contributed by atoms with van der Waals surface area (Å²) in [5.41, 5.74) is -0.630. The number of nitrogens with zero attached hydrogens (tertiary/aromatic N) is 4. The Morgan fingerprint density at radius 1 is 0.886 bits per heavy atom. The van der Waals surface area contributed by atoms with Crippen molar-refractivity contribution in [2.24, 2.45) is 10.2 Å². The predicted octanol–water partition coefficient (Wildman–Crippen LogP) is 2.71. The van der Waals surface area contributed by atoms with E-state index in [4.69, 9.17) is 11.6 Å². The molecule has 0 atom stereocenters. The number of benzene rings is 2. The van der Waals surface area contributed by atoms with Crippen LogP contribution in [-0.2, 0) is 29.8 Å². The van der Waals surface area contributed by atoms with Crippen LogP contribution in [0.1, 0.15) is 5.69 Å². The third kappa shape index (κ3) is 5.46. The highest BCUT2D eigenvalue weighted by Gasteiger charge is 2.24. The number of hydrogen-bond acceptors (Lipinski definition) is 11. The first-order valence-electron chi connectivity index (χ1n) is 9.16. The minimum atomic E-state index is -4.83. The smallest absolute Gasteiger partial charge is 0.298 e. The zero-order valence-corrected chi connectivity index (χ0v) is 21.3. The molecule has 0 saturated carbocycles. The van der Waals surface area contributed by atoms with Crippen LogP contribution in [-0.4, -0.2) is 62.3 Å². The SMILES string of the molecule is Cc1nn(-c2ccc(S(C)(=O)=O)c(S(C)(=O)=O)c2)c(O)c1N=Nc1cc(Cl)cc(S(=O)(=O)O)c1O. The summed E-state index contributed by atoms with van der Waals surface area (Å²) >= 11 is 5.81. The first kappa shape index (κ1) is 26.6. The Kier molecular flexibility index (Phi) is 6.73. The molecule has 0 aliphatic carbocycles. The van der Waals surface area contributed by atoms with Crippen LogP contribution in [0.2, 0.25) is 5.02 Å². The normalized spacial score (nSPS) is 12.9. The first-order chi connectivity index (χ1) is 15.9. The van der Waals surface area contributed by atoms with Crippen molar-refractivity contribution in [3.05, 3.63) is 41.0 Å². The molecule has 3 aromatic rings. The maximum Gasteiger partial charge on any atom is 0.298 e. The van der Waals surface area contributed by atoms with Crippen LogP contribution < -0.4 is 0 Å². The lowest BCUT2D eigenvalue weighted by Crippen LogP contribution is -2.09. The Balaban J connectivity index is 2.14. The van der Waals surface area contributed by atoms with Crippen molar-refractivity contribution in [3.63, 3.8) is 0 Å². The third-order valence-corrected chi connectivity index (χ3v) is 8.04. The van der Waals surface area contributed by atoms with Crippen LogP contribution in [0.15, 0.2) is 55.2 Å². The van der Waals surface area contributed by atoms with Gasteiger partial charge in [0.2, 0.25) is 5.88 Å². The molecule has 0 unspecified atom stereocenters. The minimum absolute atomic E-state index is 0.0147. The summed E-state index contributed by atoms with van der Waals surface area (Å²) in [6, 6.07) is 5.14. The number of aromatic hydroxyl groups is 2. The van der Waals surface area contributed by atoms with E-state index in [0.29, 0.717) is 0 Å². The number of aromatic nitrogens is 2. The first-order valence-corrected chi connectivity index (χ1v) is 14.8.